The summed E-state index contributed by atoms with van der Waals surface area (Å²) in [5.74, 6) is -0.392. The summed E-state index contributed by atoms with van der Waals surface area (Å²) in [4.78, 5) is 15.5. The highest BCUT2D eigenvalue weighted by molar-refractivity contribution is 5.87. The molecule has 1 aromatic heterocycles. The van der Waals surface area contributed by atoms with Gasteiger partial charge in [-0.05, 0) is 24.6 Å². The van der Waals surface area contributed by atoms with Crippen LogP contribution in [0.25, 0.3) is 0 Å². The van der Waals surface area contributed by atoms with Crippen molar-refractivity contribution in [2.24, 2.45) is 0 Å². The molecule has 4 heteroatoms. The van der Waals surface area contributed by atoms with Crippen LogP contribution in [0.5, 0.6) is 0 Å². The van der Waals surface area contributed by atoms with Crippen LogP contribution >= 0.6 is 0 Å². The number of hydrogen-bond donors (Lipinski definition) is 1. The van der Waals surface area contributed by atoms with Gasteiger partial charge in [-0.3, -0.25) is 0 Å². The number of nitrogens with one attached hydrogen (secondary N) is 1. The van der Waals surface area contributed by atoms with Crippen LogP contribution in [-0.4, -0.2) is 17.6 Å². The van der Waals surface area contributed by atoms with Crippen molar-refractivity contribution in [3.63, 3.8) is 0 Å². The van der Waals surface area contributed by atoms with E-state index >= 15 is 0 Å². The smallest absolute Gasteiger partial charge is 0.356 e. The Kier molecular flexibility index (Phi) is 4.50. The van der Waals surface area contributed by atoms with Gasteiger partial charge < -0.3 is 10.1 Å². The number of anilines is 1. The normalized spacial score (nSPS) is 9.95. The number of carbonyl (C=O) groups excluding carboxylic acids is 1. The molecule has 2 rings (SSSR count). The van der Waals surface area contributed by atoms with Crippen LogP contribution in [0.15, 0.2) is 48.7 Å². The monoisotopic (exact) mass is 256 g/mol. The van der Waals surface area contributed by atoms with E-state index < -0.39 is 5.97 Å². The first-order chi connectivity index (χ1) is 9.29. The lowest BCUT2D eigenvalue weighted by atomic mass is 10.2. The van der Waals surface area contributed by atoms with Crippen molar-refractivity contribution in [1.82, 2.24) is 4.98 Å². The Morgan fingerprint density at radius 2 is 2.00 bits per heavy atom. The van der Waals surface area contributed by atoms with Gasteiger partial charge in [0.1, 0.15) is 5.69 Å². The van der Waals surface area contributed by atoms with E-state index in [4.69, 9.17) is 4.74 Å². The fraction of sp³-hybridized carbons (Fsp3) is 0.200. The lowest BCUT2D eigenvalue weighted by molar-refractivity contribution is 0.0519. The Hall–Kier alpha value is -2.36. The van der Waals surface area contributed by atoms with Gasteiger partial charge in [0.15, 0.2) is 0 Å². The van der Waals surface area contributed by atoms with Crippen LogP contribution in [0.3, 0.4) is 0 Å². The van der Waals surface area contributed by atoms with Crippen molar-refractivity contribution >= 4 is 11.7 Å². The maximum atomic E-state index is 11.4. The maximum absolute atomic E-state index is 11.4. The number of pyridine rings is 1. The molecule has 2 aromatic rings. The molecular formula is C15H16N2O2. The average Bonchev–Trinajstić information content (AvgIpc) is 2.47. The molecule has 1 aromatic carbocycles. The highest BCUT2D eigenvalue weighted by Gasteiger charge is 2.07. The largest absolute Gasteiger partial charge is 0.461 e. The van der Waals surface area contributed by atoms with Gasteiger partial charge in [0.2, 0.25) is 0 Å². The minimum Gasteiger partial charge on any atom is -0.461 e. The summed E-state index contributed by atoms with van der Waals surface area (Å²) in [5.41, 5.74) is 2.39. The first-order valence-corrected chi connectivity index (χ1v) is 6.20. The van der Waals surface area contributed by atoms with Crippen molar-refractivity contribution in [2.75, 3.05) is 11.9 Å². The molecule has 0 fully saturated rings. The second kappa shape index (κ2) is 6.54. The van der Waals surface area contributed by atoms with Crippen LogP contribution in [-0.2, 0) is 11.3 Å². The van der Waals surface area contributed by atoms with Crippen molar-refractivity contribution < 1.29 is 9.53 Å². The van der Waals surface area contributed by atoms with E-state index in [1.165, 1.54) is 5.56 Å². The van der Waals surface area contributed by atoms with Gasteiger partial charge in [-0.1, -0.05) is 30.3 Å². The first-order valence-electron chi connectivity index (χ1n) is 6.20. The molecule has 0 saturated carbocycles. The van der Waals surface area contributed by atoms with Crippen LogP contribution in [0.1, 0.15) is 23.0 Å². The molecule has 4 nitrogen and oxygen atoms in total. The molecule has 0 spiro atoms. The molecule has 0 amide bonds. The Morgan fingerprint density at radius 3 is 2.63 bits per heavy atom. The Balaban J connectivity index is 1.94. The second-order valence-corrected chi connectivity index (χ2v) is 3.99. The Labute approximate surface area is 112 Å². The second-order valence-electron chi connectivity index (χ2n) is 3.99. The number of nitrogens with zero attached hydrogens (tertiary/aromatic N) is 1. The zero-order valence-corrected chi connectivity index (χ0v) is 10.8. The van der Waals surface area contributed by atoms with Gasteiger partial charge >= 0.3 is 5.97 Å². The third-order valence-corrected chi connectivity index (χ3v) is 2.59. The van der Waals surface area contributed by atoms with Crippen molar-refractivity contribution in [1.29, 1.82) is 0 Å². The van der Waals surface area contributed by atoms with Gasteiger partial charge in [0.25, 0.3) is 0 Å². The summed E-state index contributed by atoms with van der Waals surface area (Å²) in [6.07, 6.45) is 1.63. The van der Waals surface area contributed by atoms with Crippen molar-refractivity contribution in [3.8, 4) is 0 Å². The van der Waals surface area contributed by atoms with Gasteiger partial charge in [-0.25, -0.2) is 9.78 Å². The molecule has 0 saturated heterocycles. The van der Waals surface area contributed by atoms with Crippen molar-refractivity contribution in [2.45, 2.75) is 13.5 Å². The fourth-order valence-electron chi connectivity index (χ4n) is 1.62. The number of hydrogen-bond acceptors (Lipinski definition) is 4. The summed E-state index contributed by atoms with van der Waals surface area (Å²) >= 11 is 0. The van der Waals surface area contributed by atoms with Crippen LogP contribution < -0.4 is 5.32 Å². The van der Waals surface area contributed by atoms with E-state index in [-0.39, 0.29) is 0 Å². The number of aromatic nitrogens is 1. The molecule has 98 valence electrons. The van der Waals surface area contributed by atoms with Crippen LogP contribution in [0.4, 0.5) is 5.69 Å². The van der Waals surface area contributed by atoms with E-state index in [2.05, 4.69) is 10.3 Å². The molecule has 0 unspecified atom stereocenters. The number of esters is 1. The molecule has 1 heterocycles. The minimum absolute atomic E-state index is 0.326. The molecule has 1 N–H and O–H groups in total. The minimum atomic E-state index is -0.392. The number of benzene rings is 1. The highest BCUT2D eigenvalue weighted by Crippen LogP contribution is 2.09. The summed E-state index contributed by atoms with van der Waals surface area (Å²) in [6.45, 7) is 2.85. The highest BCUT2D eigenvalue weighted by atomic mass is 16.5. The van der Waals surface area contributed by atoms with E-state index in [0.717, 1.165) is 12.2 Å². The quantitative estimate of drug-likeness (QED) is 0.836. The maximum Gasteiger partial charge on any atom is 0.356 e. The summed E-state index contributed by atoms with van der Waals surface area (Å²) < 4.78 is 4.88. The van der Waals surface area contributed by atoms with E-state index in [0.29, 0.717) is 12.3 Å². The Morgan fingerprint density at radius 1 is 1.21 bits per heavy atom. The van der Waals surface area contributed by atoms with Crippen molar-refractivity contribution in [3.05, 3.63) is 59.9 Å². The van der Waals surface area contributed by atoms with Gasteiger partial charge in [0.05, 0.1) is 18.5 Å². The molecule has 0 radical (unpaired) electrons. The van der Waals surface area contributed by atoms with Gasteiger partial charge in [-0.15, -0.1) is 0 Å². The third-order valence-electron chi connectivity index (χ3n) is 2.59. The molecule has 19 heavy (non-hydrogen) atoms. The number of carbonyl (C=O) groups is 1. The average molecular weight is 256 g/mol. The lowest BCUT2D eigenvalue weighted by Gasteiger charge is -2.06. The van der Waals surface area contributed by atoms with Crippen LogP contribution in [0, 0.1) is 0 Å². The molecule has 0 aliphatic heterocycles. The van der Waals surface area contributed by atoms with Gasteiger partial charge in [-0.2, -0.15) is 0 Å². The molecule has 0 atom stereocenters. The first kappa shape index (κ1) is 13.1. The van der Waals surface area contributed by atoms with E-state index in [1.54, 1.807) is 19.2 Å². The summed E-state index contributed by atoms with van der Waals surface area (Å²) in [7, 11) is 0. The van der Waals surface area contributed by atoms with E-state index in [1.807, 2.05) is 36.4 Å². The predicted molar refractivity (Wildman–Crippen MR) is 74.0 cm³/mol. The number of rotatable bonds is 5. The van der Waals surface area contributed by atoms with Gasteiger partial charge in [0, 0.05) is 6.54 Å². The molecular weight excluding hydrogens is 240 g/mol. The standard InChI is InChI=1S/C15H16N2O2/c1-2-19-15(18)14-9-8-13(11-17-14)16-10-12-6-4-3-5-7-12/h3-9,11,16H,2,10H2,1H3. The number of ether oxygens (including phenoxy) is 1. The summed E-state index contributed by atoms with van der Waals surface area (Å²) in [6, 6.07) is 13.6. The molecule has 0 aliphatic rings. The molecule has 0 bridgehead atoms. The summed E-state index contributed by atoms with van der Waals surface area (Å²) in [5, 5.41) is 3.24. The molecule has 0 aliphatic carbocycles. The van der Waals surface area contributed by atoms with Crippen LogP contribution in [0.2, 0.25) is 0 Å². The third kappa shape index (κ3) is 3.81. The fourth-order valence-corrected chi connectivity index (χ4v) is 1.62. The zero-order chi connectivity index (χ0) is 13.5. The zero-order valence-electron chi connectivity index (χ0n) is 10.8. The van der Waals surface area contributed by atoms with E-state index in [9.17, 15) is 4.79 Å². The lowest BCUT2D eigenvalue weighted by Crippen LogP contribution is -2.07. The topological polar surface area (TPSA) is 51.2 Å². The SMILES string of the molecule is CCOC(=O)c1ccc(NCc2ccccc2)cn1. The predicted octanol–water partition coefficient (Wildman–Crippen LogP) is 2.87. The Bertz CT molecular complexity index is 524.